The Hall–Kier alpha value is -0.319. The number of halogens is 2. The molecule has 0 bridgehead atoms. The SMILES string of the molecule is CC1=[C-]C(C)C(C)=C1C.C[SiH]C.[Cl-].[Cl-].[NH-]C(=O)c1ccccc1.[Ti+4]. The average molecular weight is 419 g/mol. The van der Waals surface area contributed by atoms with Crippen molar-refractivity contribution in [3.63, 3.8) is 0 Å². The normalized spacial score (nSPS) is 14.2. The van der Waals surface area contributed by atoms with Crippen LogP contribution in [0.25, 0.3) is 5.73 Å². The molecule has 1 unspecified atom stereocenters. The Morgan fingerprint density at radius 1 is 1.08 bits per heavy atom. The van der Waals surface area contributed by atoms with Gasteiger partial charge in [-0.15, -0.1) is 6.92 Å². The van der Waals surface area contributed by atoms with E-state index in [1.165, 1.54) is 16.7 Å². The van der Waals surface area contributed by atoms with Crippen LogP contribution in [0.3, 0.4) is 0 Å². The Kier molecular flexibility index (Phi) is 22.9. The van der Waals surface area contributed by atoms with E-state index < -0.39 is 5.91 Å². The largest absolute Gasteiger partial charge is 4.00 e. The number of nitrogens with one attached hydrogen (secondary N) is 1. The van der Waals surface area contributed by atoms with Crippen LogP contribution in [-0.4, -0.2) is 15.4 Å². The summed E-state index contributed by atoms with van der Waals surface area (Å²) in [7, 11) is 0.750. The van der Waals surface area contributed by atoms with Gasteiger partial charge >= 0.3 is 21.7 Å². The number of rotatable bonds is 1. The molecule has 6 heteroatoms. The smallest absolute Gasteiger partial charge is 1.00 e. The van der Waals surface area contributed by atoms with Gasteiger partial charge in [-0.25, -0.2) is 5.57 Å². The van der Waals surface area contributed by atoms with Gasteiger partial charge in [0.15, 0.2) is 0 Å². The molecule has 1 atom stereocenters. The number of hydrogen-bond acceptors (Lipinski definition) is 1. The van der Waals surface area contributed by atoms with Crippen molar-refractivity contribution in [1.82, 2.24) is 0 Å². The first-order valence-electron chi connectivity index (χ1n) is 7.17. The third-order valence-electron chi connectivity index (χ3n) is 3.27. The zero-order valence-corrected chi connectivity index (χ0v) is 19.4. The second-order valence-corrected chi connectivity index (χ2v) is 6.23. The van der Waals surface area contributed by atoms with Crippen molar-refractivity contribution in [1.29, 1.82) is 0 Å². The van der Waals surface area contributed by atoms with Crippen LogP contribution in [-0.2, 0) is 21.7 Å². The predicted molar refractivity (Wildman–Crippen MR) is 93.9 cm³/mol. The Morgan fingerprint density at radius 2 is 1.50 bits per heavy atom. The van der Waals surface area contributed by atoms with Crippen LogP contribution in [0.5, 0.6) is 0 Å². The van der Waals surface area contributed by atoms with E-state index in [1.54, 1.807) is 24.3 Å². The molecule has 1 radical (unpaired) electrons. The van der Waals surface area contributed by atoms with Crippen molar-refractivity contribution in [3.8, 4) is 0 Å². The van der Waals surface area contributed by atoms with Gasteiger partial charge in [0.05, 0.1) is 5.91 Å². The van der Waals surface area contributed by atoms with Crippen LogP contribution >= 0.6 is 0 Å². The molecule has 0 aliphatic heterocycles. The Morgan fingerprint density at radius 3 is 1.67 bits per heavy atom. The van der Waals surface area contributed by atoms with Gasteiger partial charge in [0, 0.05) is 9.52 Å². The van der Waals surface area contributed by atoms with Crippen molar-refractivity contribution in [2.24, 2.45) is 5.92 Å². The van der Waals surface area contributed by atoms with E-state index in [0.717, 1.165) is 9.52 Å². The minimum absolute atomic E-state index is 0. The van der Waals surface area contributed by atoms with E-state index >= 15 is 0 Å². The summed E-state index contributed by atoms with van der Waals surface area (Å²) < 4.78 is 0. The summed E-state index contributed by atoms with van der Waals surface area (Å²) in [6.07, 6.45) is 3.36. The molecule has 1 amide bonds. The third-order valence-corrected chi connectivity index (χ3v) is 3.27. The number of allylic oxidation sites excluding steroid dienone is 4. The maximum Gasteiger partial charge on any atom is 4.00 e. The van der Waals surface area contributed by atoms with Crippen LogP contribution in [0.15, 0.2) is 47.1 Å². The van der Waals surface area contributed by atoms with Crippen molar-refractivity contribution in [3.05, 3.63) is 64.4 Å². The summed E-state index contributed by atoms with van der Waals surface area (Å²) in [5.74, 6) is -0.0689. The molecule has 0 aromatic heterocycles. The standard InChI is InChI=1S/C9H13.C7H7NO.C2H7Si.2ClH.Ti/c1-6-5-7(2)9(4)8(6)3;8-7(9)6-4-2-1-3-5-6;1-3-2;;;/h6H,1-4H3;1-5H,(H2,8,9);3H,1-2H3;2*1H;/q-1;;;;;+4/p-3. The van der Waals surface area contributed by atoms with Gasteiger partial charge in [-0.2, -0.15) is 11.1 Å². The Bertz CT molecular complexity index is 519. The molecule has 0 heterocycles. The average Bonchev–Trinajstić information content (AvgIpc) is 2.68. The molecular weight excluding hydrogens is 393 g/mol. The van der Waals surface area contributed by atoms with E-state index in [0.29, 0.717) is 11.5 Å². The zero-order chi connectivity index (χ0) is 16.4. The van der Waals surface area contributed by atoms with E-state index in [9.17, 15) is 4.79 Å². The molecule has 1 aliphatic rings. The summed E-state index contributed by atoms with van der Waals surface area (Å²) in [4.78, 5) is 10.3. The zero-order valence-electron chi connectivity index (χ0n) is 15.2. The Balaban J connectivity index is -0.000000130. The molecule has 1 N–H and O–H groups in total. The summed E-state index contributed by atoms with van der Waals surface area (Å²) >= 11 is 0. The van der Waals surface area contributed by atoms with Crippen LogP contribution in [0.2, 0.25) is 13.1 Å². The molecule has 0 fully saturated rings. The van der Waals surface area contributed by atoms with Crippen LogP contribution < -0.4 is 24.8 Å². The topological polar surface area (TPSA) is 40.9 Å². The molecule has 1 aromatic carbocycles. The monoisotopic (exact) mass is 418 g/mol. The number of benzene rings is 1. The quantitative estimate of drug-likeness (QED) is 0.431. The van der Waals surface area contributed by atoms with E-state index in [2.05, 4.69) is 46.9 Å². The molecule has 0 spiro atoms. The van der Waals surface area contributed by atoms with Crippen molar-refractivity contribution >= 4 is 15.4 Å². The van der Waals surface area contributed by atoms with Gasteiger partial charge in [-0.05, 0) is 5.56 Å². The summed E-state index contributed by atoms with van der Waals surface area (Å²) in [6, 6.07) is 8.53. The first kappa shape index (κ1) is 31.5. The van der Waals surface area contributed by atoms with Gasteiger partial charge in [-0.3, -0.25) is 6.08 Å². The van der Waals surface area contributed by atoms with E-state index in [4.69, 9.17) is 5.73 Å². The molecule has 1 aromatic rings. The molecule has 2 rings (SSSR count). The van der Waals surface area contributed by atoms with E-state index in [-0.39, 0.29) is 46.5 Å². The molecule has 2 nitrogen and oxygen atoms in total. The van der Waals surface area contributed by atoms with Gasteiger partial charge in [0.2, 0.25) is 0 Å². The number of carbonyl (C=O) groups is 1. The maximum atomic E-state index is 10.3. The molecular formula is C18H26Cl2NOSiTi. The molecule has 24 heavy (non-hydrogen) atoms. The number of amides is 1. The van der Waals surface area contributed by atoms with Gasteiger partial charge in [0.1, 0.15) is 0 Å². The molecule has 0 saturated heterocycles. The van der Waals surface area contributed by atoms with Crippen molar-refractivity contribution in [2.75, 3.05) is 0 Å². The predicted octanol–water partition coefficient (Wildman–Crippen LogP) is -0.874. The van der Waals surface area contributed by atoms with E-state index in [1.807, 2.05) is 6.07 Å². The van der Waals surface area contributed by atoms with Crippen LogP contribution in [0, 0.1) is 12.0 Å². The second kappa shape index (κ2) is 17.5. The summed E-state index contributed by atoms with van der Waals surface area (Å²) in [6.45, 7) is 13.1. The van der Waals surface area contributed by atoms with Crippen LogP contribution in [0.4, 0.5) is 0 Å². The molecule has 131 valence electrons. The maximum absolute atomic E-state index is 10.3. The molecule has 0 saturated carbocycles. The second-order valence-electron chi connectivity index (χ2n) is 5.07. The summed E-state index contributed by atoms with van der Waals surface area (Å²) in [5, 5.41) is 0. The van der Waals surface area contributed by atoms with Crippen molar-refractivity contribution in [2.45, 2.75) is 40.8 Å². The van der Waals surface area contributed by atoms with Gasteiger partial charge in [0.25, 0.3) is 0 Å². The van der Waals surface area contributed by atoms with Gasteiger partial charge in [-0.1, -0.05) is 70.1 Å². The van der Waals surface area contributed by atoms with Crippen LogP contribution in [0.1, 0.15) is 38.1 Å². The van der Waals surface area contributed by atoms with Gasteiger partial charge < -0.3 is 35.3 Å². The fourth-order valence-corrected chi connectivity index (χ4v) is 1.75. The fraction of sp³-hybridized carbons (Fsp3) is 0.389. The fourth-order valence-electron chi connectivity index (χ4n) is 1.75. The first-order valence-corrected chi connectivity index (χ1v) is 9.48. The number of hydrogen-bond donors (Lipinski definition) is 0. The summed E-state index contributed by atoms with van der Waals surface area (Å²) in [5.41, 5.74) is 11.4. The Labute approximate surface area is 177 Å². The number of carbonyl (C=O) groups excluding carboxylic acids is 1. The first-order chi connectivity index (χ1) is 9.84. The molecule has 1 aliphatic carbocycles. The minimum Gasteiger partial charge on any atom is -1.00 e. The third kappa shape index (κ3) is 12.1. The minimum atomic E-state index is -0.629. The van der Waals surface area contributed by atoms with Crippen molar-refractivity contribution < 1.29 is 51.3 Å².